The van der Waals surface area contributed by atoms with E-state index >= 15 is 4.57 Å². The largest absolute Gasteiger partial charge is 0.507 e. The maximum Gasteiger partial charge on any atom is 0.252 e. The second kappa shape index (κ2) is 13.5. The maximum absolute atomic E-state index is 15.7. The van der Waals surface area contributed by atoms with E-state index in [1.54, 1.807) is 0 Å². The van der Waals surface area contributed by atoms with Gasteiger partial charge in [0.25, 0.3) is 7.37 Å². The third-order valence-corrected chi connectivity index (χ3v) is 11.4. The molecule has 0 aliphatic heterocycles. The van der Waals surface area contributed by atoms with Gasteiger partial charge in [0.1, 0.15) is 23.1 Å². The SMILES string of the molecule is CC(C)(C)c1cc(C(Nc2ccccc2)P(=O)(O)C(Nc2ccccc2)c2cc(C(C)(C)C)c(O)c(C(C)(C)C)c2)cc(C(C)(C)C)c1O. The van der Waals surface area contributed by atoms with E-state index in [0.29, 0.717) is 44.8 Å². The zero-order chi connectivity index (χ0) is 36.7. The lowest BCUT2D eigenvalue weighted by Gasteiger charge is -2.36. The fourth-order valence-corrected chi connectivity index (χ4v) is 8.35. The summed E-state index contributed by atoms with van der Waals surface area (Å²) < 4.78 is 15.7. The molecule has 0 fully saturated rings. The monoisotopic (exact) mass is 684 g/mol. The van der Waals surface area contributed by atoms with E-state index in [1.807, 2.05) is 168 Å². The number of phenolic OH excluding ortho intramolecular Hbond substituents is 2. The Morgan fingerprint density at radius 1 is 0.490 bits per heavy atom. The van der Waals surface area contributed by atoms with Crippen molar-refractivity contribution in [2.75, 3.05) is 10.6 Å². The summed E-state index contributed by atoms with van der Waals surface area (Å²) in [6.07, 6.45) is 0. The van der Waals surface area contributed by atoms with Crippen molar-refractivity contribution in [1.82, 2.24) is 0 Å². The summed E-state index contributed by atoms with van der Waals surface area (Å²) in [4.78, 5) is 12.9. The quantitative estimate of drug-likeness (QED) is 0.118. The van der Waals surface area contributed by atoms with E-state index in [2.05, 4.69) is 10.6 Å². The van der Waals surface area contributed by atoms with Crippen LogP contribution in [0.4, 0.5) is 11.4 Å². The zero-order valence-electron chi connectivity index (χ0n) is 31.4. The van der Waals surface area contributed by atoms with Crippen LogP contribution in [-0.4, -0.2) is 15.1 Å². The molecule has 0 aromatic heterocycles. The third kappa shape index (κ3) is 8.53. The topological polar surface area (TPSA) is 102 Å². The first kappa shape index (κ1) is 38.1. The van der Waals surface area contributed by atoms with Crippen LogP contribution >= 0.6 is 7.37 Å². The summed E-state index contributed by atoms with van der Waals surface area (Å²) in [5.41, 5.74) is 3.64. The molecule has 49 heavy (non-hydrogen) atoms. The molecule has 4 rings (SSSR count). The van der Waals surface area contributed by atoms with Gasteiger partial charge in [-0.05, 0) is 104 Å². The van der Waals surface area contributed by atoms with Crippen LogP contribution in [0.25, 0.3) is 0 Å². The minimum Gasteiger partial charge on any atom is -0.507 e. The zero-order valence-corrected chi connectivity index (χ0v) is 32.3. The van der Waals surface area contributed by atoms with Crippen LogP contribution in [-0.2, 0) is 26.2 Å². The smallest absolute Gasteiger partial charge is 0.252 e. The number of anilines is 2. The number of phenols is 2. The summed E-state index contributed by atoms with van der Waals surface area (Å²) in [5, 5.41) is 30.1. The van der Waals surface area contributed by atoms with Gasteiger partial charge >= 0.3 is 0 Å². The Labute approximate surface area is 294 Å². The Hall–Kier alpha value is -3.73. The highest BCUT2D eigenvalue weighted by molar-refractivity contribution is 7.59. The van der Waals surface area contributed by atoms with Crippen LogP contribution in [0, 0.1) is 0 Å². The average Bonchev–Trinajstić information content (AvgIpc) is 2.98. The lowest BCUT2D eigenvalue weighted by atomic mass is 9.78. The minimum atomic E-state index is -4.39. The van der Waals surface area contributed by atoms with Gasteiger partial charge in [-0.25, -0.2) is 0 Å². The predicted octanol–water partition coefficient (Wildman–Crippen LogP) is 11.5. The first-order valence-corrected chi connectivity index (χ1v) is 18.9. The van der Waals surface area contributed by atoms with Crippen molar-refractivity contribution < 1.29 is 19.7 Å². The third-order valence-electron chi connectivity index (χ3n) is 9.02. The van der Waals surface area contributed by atoms with Gasteiger partial charge in [-0.15, -0.1) is 0 Å². The normalized spacial score (nSPS) is 15.3. The van der Waals surface area contributed by atoms with E-state index in [1.165, 1.54) is 0 Å². The molecule has 0 saturated carbocycles. The molecule has 0 heterocycles. The Morgan fingerprint density at radius 2 is 0.735 bits per heavy atom. The lowest BCUT2D eigenvalue weighted by molar-refractivity contribution is 0.421. The van der Waals surface area contributed by atoms with Gasteiger partial charge < -0.3 is 25.7 Å². The Morgan fingerprint density at radius 3 is 0.959 bits per heavy atom. The molecular weight excluding hydrogens is 627 g/mol. The van der Waals surface area contributed by atoms with E-state index < -0.39 is 40.6 Å². The Kier molecular flexibility index (Phi) is 10.5. The fraction of sp³-hybridized carbons (Fsp3) is 0.429. The van der Waals surface area contributed by atoms with Crippen LogP contribution in [0.3, 0.4) is 0 Å². The second-order valence-electron chi connectivity index (χ2n) is 17.4. The molecule has 4 aromatic rings. The van der Waals surface area contributed by atoms with Crippen LogP contribution in [0.15, 0.2) is 84.9 Å². The van der Waals surface area contributed by atoms with E-state index in [0.717, 1.165) is 0 Å². The van der Waals surface area contributed by atoms with Gasteiger partial charge in [0.15, 0.2) is 0 Å². The lowest BCUT2D eigenvalue weighted by Crippen LogP contribution is -2.24. The van der Waals surface area contributed by atoms with Crippen LogP contribution in [0.5, 0.6) is 11.5 Å². The summed E-state index contributed by atoms with van der Waals surface area (Å²) in [6.45, 7) is 24.4. The summed E-state index contributed by atoms with van der Waals surface area (Å²) in [5.74, 6) is -1.75. The Balaban J connectivity index is 2.10. The van der Waals surface area contributed by atoms with Crippen LogP contribution in [0.2, 0.25) is 0 Å². The number of hydrogen-bond acceptors (Lipinski definition) is 5. The highest BCUT2D eigenvalue weighted by atomic mass is 31.2. The van der Waals surface area contributed by atoms with Crippen LogP contribution < -0.4 is 10.6 Å². The van der Waals surface area contributed by atoms with Gasteiger partial charge in [-0.3, -0.25) is 4.57 Å². The van der Waals surface area contributed by atoms with Crippen molar-refractivity contribution in [2.45, 2.75) is 116 Å². The first-order valence-electron chi connectivity index (χ1n) is 17.1. The number of rotatable bonds is 8. The summed E-state index contributed by atoms with van der Waals surface area (Å²) >= 11 is 0. The van der Waals surface area contributed by atoms with E-state index in [-0.39, 0.29) is 11.5 Å². The second-order valence-corrected chi connectivity index (χ2v) is 19.8. The first-order chi connectivity index (χ1) is 22.4. The molecule has 0 spiro atoms. The van der Waals surface area contributed by atoms with Crippen molar-refractivity contribution >= 4 is 18.7 Å². The molecule has 0 radical (unpaired) electrons. The molecule has 7 heteroatoms. The van der Waals surface area contributed by atoms with Crippen molar-refractivity contribution in [1.29, 1.82) is 0 Å². The number of aromatic hydroxyl groups is 2. The van der Waals surface area contributed by atoms with E-state index in [4.69, 9.17) is 0 Å². The molecule has 0 saturated heterocycles. The molecule has 2 unspecified atom stereocenters. The van der Waals surface area contributed by atoms with Crippen molar-refractivity contribution in [3.63, 3.8) is 0 Å². The average molecular weight is 685 g/mol. The summed E-state index contributed by atoms with van der Waals surface area (Å²) in [7, 11) is -4.39. The molecule has 0 aliphatic carbocycles. The molecular formula is C42H57N2O4P. The number of benzene rings is 4. The molecule has 0 amide bonds. The van der Waals surface area contributed by atoms with Gasteiger partial charge in [0, 0.05) is 11.4 Å². The predicted molar refractivity (Wildman–Crippen MR) is 206 cm³/mol. The maximum atomic E-state index is 15.7. The highest BCUT2D eigenvalue weighted by Crippen LogP contribution is 2.66. The standard InChI is InChI=1S/C42H57N2O4P/c1-39(2,3)31-23-27(24-32(35(31)45)40(4,5)6)37(43-29-19-15-13-16-20-29)49(47,48)38(44-30-21-17-14-18-22-30)28-25-33(41(7,8)9)36(46)34(26-28)42(10,11)12/h13-26,37-38,43-46H,1-12H3,(H,47,48). The molecule has 4 aromatic carbocycles. The number of hydrogen-bond donors (Lipinski definition) is 5. The van der Waals surface area contributed by atoms with Gasteiger partial charge in [-0.1, -0.05) is 119 Å². The molecule has 6 nitrogen and oxygen atoms in total. The number of nitrogens with one attached hydrogen (secondary N) is 2. The van der Waals surface area contributed by atoms with Crippen molar-refractivity contribution in [2.24, 2.45) is 0 Å². The molecule has 0 aliphatic rings. The van der Waals surface area contributed by atoms with Gasteiger partial charge in [-0.2, -0.15) is 0 Å². The Bertz CT molecular complexity index is 1610. The molecule has 0 bridgehead atoms. The van der Waals surface area contributed by atoms with Crippen LogP contribution in [0.1, 0.15) is 128 Å². The highest BCUT2D eigenvalue weighted by Gasteiger charge is 2.44. The molecule has 2 atom stereocenters. The van der Waals surface area contributed by atoms with Crippen molar-refractivity contribution in [3.05, 3.63) is 118 Å². The minimum absolute atomic E-state index is 0.206. The summed E-state index contributed by atoms with van der Waals surface area (Å²) in [6, 6.07) is 26.5. The fourth-order valence-electron chi connectivity index (χ4n) is 6.23. The van der Waals surface area contributed by atoms with E-state index in [9.17, 15) is 15.1 Å². The number of para-hydroxylation sites is 2. The molecule has 5 N–H and O–H groups in total. The molecule has 264 valence electrons. The van der Waals surface area contributed by atoms with Gasteiger partial charge in [0.2, 0.25) is 0 Å². The van der Waals surface area contributed by atoms with Gasteiger partial charge in [0.05, 0.1) is 0 Å². The van der Waals surface area contributed by atoms with Crippen molar-refractivity contribution in [3.8, 4) is 11.5 Å².